The van der Waals surface area contributed by atoms with Gasteiger partial charge in [0.15, 0.2) is 0 Å². The van der Waals surface area contributed by atoms with E-state index in [0.29, 0.717) is 11.4 Å². The lowest BCUT2D eigenvalue weighted by atomic mass is 9.82. The van der Waals surface area contributed by atoms with Gasteiger partial charge in [0.05, 0.1) is 10.9 Å². The van der Waals surface area contributed by atoms with E-state index >= 15 is 0 Å². The first-order chi connectivity index (χ1) is 11.9. The number of aromatic nitrogens is 2. The zero-order valence-corrected chi connectivity index (χ0v) is 16.0. The summed E-state index contributed by atoms with van der Waals surface area (Å²) in [5.41, 5.74) is 1.21. The van der Waals surface area contributed by atoms with Gasteiger partial charge in [-0.2, -0.15) is 4.31 Å². The van der Waals surface area contributed by atoms with Crippen molar-refractivity contribution < 1.29 is 8.42 Å². The van der Waals surface area contributed by atoms with Gasteiger partial charge in [-0.05, 0) is 42.4 Å². The van der Waals surface area contributed by atoms with Crippen molar-refractivity contribution in [3.8, 4) is 0 Å². The number of hydrogen-bond donors (Lipinski definition) is 1. The molecule has 0 saturated carbocycles. The van der Waals surface area contributed by atoms with Gasteiger partial charge in [-0.25, -0.2) is 13.4 Å². The van der Waals surface area contributed by atoms with Crippen LogP contribution in [0.3, 0.4) is 0 Å². The number of hydrogen-bond acceptors (Lipinski definition) is 3. The Bertz CT molecular complexity index is 796. The van der Waals surface area contributed by atoms with Crippen molar-refractivity contribution in [2.75, 3.05) is 6.54 Å². The second-order valence-electron chi connectivity index (χ2n) is 7.36. The zero-order chi connectivity index (χ0) is 18.1. The number of aromatic amines is 1. The highest BCUT2D eigenvalue weighted by Crippen LogP contribution is 2.34. The van der Waals surface area contributed by atoms with E-state index in [4.69, 9.17) is 0 Å². The minimum absolute atomic E-state index is 0.0458. The molecule has 1 aromatic heterocycles. The number of nitrogens with zero attached hydrogens (tertiary/aromatic N) is 2. The maximum atomic E-state index is 13.2. The third kappa shape index (κ3) is 3.51. The van der Waals surface area contributed by atoms with Crippen molar-refractivity contribution in [3.05, 3.63) is 48.0 Å². The molecule has 25 heavy (non-hydrogen) atoms. The smallest absolute Gasteiger partial charge is 0.243 e. The summed E-state index contributed by atoms with van der Waals surface area (Å²) in [6.07, 6.45) is 7.13. The molecule has 136 valence electrons. The van der Waals surface area contributed by atoms with E-state index in [-0.39, 0.29) is 11.5 Å². The first-order valence-corrected chi connectivity index (χ1v) is 10.4. The largest absolute Gasteiger partial charge is 0.347 e. The lowest BCUT2D eigenvalue weighted by Crippen LogP contribution is -2.39. The maximum absolute atomic E-state index is 13.2. The molecule has 0 bridgehead atoms. The highest BCUT2D eigenvalue weighted by atomic mass is 32.2. The molecule has 1 unspecified atom stereocenters. The van der Waals surface area contributed by atoms with Crippen LogP contribution in [0.15, 0.2) is 41.6 Å². The summed E-state index contributed by atoms with van der Waals surface area (Å²) in [5.74, 6) is 0.729. The quantitative estimate of drug-likeness (QED) is 0.875. The highest BCUT2D eigenvalue weighted by Gasteiger charge is 2.35. The second-order valence-corrected chi connectivity index (χ2v) is 9.25. The van der Waals surface area contributed by atoms with Crippen LogP contribution in [0, 0.1) is 0 Å². The summed E-state index contributed by atoms with van der Waals surface area (Å²) in [7, 11) is -3.53. The van der Waals surface area contributed by atoms with Crippen LogP contribution in [0.5, 0.6) is 0 Å². The van der Waals surface area contributed by atoms with Gasteiger partial charge >= 0.3 is 0 Å². The number of imidazole rings is 1. The van der Waals surface area contributed by atoms with E-state index in [0.717, 1.165) is 37.1 Å². The van der Waals surface area contributed by atoms with E-state index in [1.807, 2.05) is 12.1 Å². The Morgan fingerprint density at radius 3 is 2.56 bits per heavy atom. The average molecular weight is 362 g/mol. The molecular formula is C19H27N3O2S. The fraction of sp³-hybridized carbons (Fsp3) is 0.526. The van der Waals surface area contributed by atoms with Crippen molar-refractivity contribution in [2.24, 2.45) is 0 Å². The Balaban J connectivity index is 1.92. The minimum atomic E-state index is -3.53. The third-order valence-electron chi connectivity index (χ3n) is 5.41. The topological polar surface area (TPSA) is 66.1 Å². The van der Waals surface area contributed by atoms with Crippen LogP contribution in [-0.2, 0) is 15.4 Å². The number of sulfonamides is 1. The molecule has 1 N–H and O–H groups in total. The molecule has 1 saturated heterocycles. The predicted molar refractivity (Wildman–Crippen MR) is 98.8 cm³/mol. The Kier molecular flexibility index (Phi) is 5.02. The number of rotatable bonds is 5. The number of benzene rings is 1. The Labute approximate surface area is 150 Å². The molecule has 3 rings (SSSR count). The van der Waals surface area contributed by atoms with Gasteiger partial charge in [0.1, 0.15) is 5.82 Å². The fourth-order valence-corrected chi connectivity index (χ4v) is 5.00. The van der Waals surface area contributed by atoms with Crippen LogP contribution >= 0.6 is 0 Å². The van der Waals surface area contributed by atoms with Crippen molar-refractivity contribution in [1.82, 2.24) is 14.3 Å². The van der Waals surface area contributed by atoms with Gasteiger partial charge in [-0.1, -0.05) is 39.3 Å². The molecule has 1 aliphatic rings. The van der Waals surface area contributed by atoms with Gasteiger partial charge in [0.2, 0.25) is 10.0 Å². The average Bonchev–Trinajstić information content (AvgIpc) is 3.16. The van der Waals surface area contributed by atoms with Crippen LogP contribution in [0.4, 0.5) is 0 Å². The van der Waals surface area contributed by atoms with E-state index in [1.54, 1.807) is 28.8 Å². The summed E-state index contributed by atoms with van der Waals surface area (Å²) in [5, 5.41) is 0. The van der Waals surface area contributed by atoms with Crippen molar-refractivity contribution in [1.29, 1.82) is 0 Å². The van der Waals surface area contributed by atoms with E-state index in [2.05, 4.69) is 30.7 Å². The van der Waals surface area contributed by atoms with Crippen molar-refractivity contribution in [2.45, 2.75) is 62.8 Å². The molecule has 6 heteroatoms. The SMILES string of the molecule is CCC(C)(C)c1ccc(S(=O)(=O)N2CCCCC2c2ncc[nH]2)cc1. The molecule has 1 atom stereocenters. The first kappa shape index (κ1) is 18.1. The van der Waals surface area contributed by atoms with Crippen LogP contribution in [-0.4, -0.2) is 29.2 Å². The summed E-state index contributed by atoms with van der Waals surface area (Å²) in [6.45, 7) is 7.03. The molecular weight excluding hydrogens is 334 g/mol. The van der Waals surface area contributed by atoms with Crippen LogP contribution < -0.4 is 0 Å². The molecule has 0 aliphatic carbocycles. The molecule has 2 heterocycles. The normalized spacial score (nSPS) is 19.9. The molecule has 1 aromatic carbocycles. The summed E-state index contributed by atoms with van der Waals surface area (Å²) in [6, 6.07) is 7.18. The van der Waals surface area contributed by atoms with Crippen LogP contribution in [0.1, 0.15) is 63.9 Å². The molecule has 0 amide bonds. The van der Waals surface area contributed by atoms with E-state index in [1.165, 1.54) is 0 Å². The molecule has 2 aromatic rings. The van der Waals surface area contributed by atoms with Crippen molar-refractivity contribution >= 4 is 10.0 Å². The van der Waals surface area contributed by atoms with Crippen LogP contribution in [0.2, 0.25) is 0 Å². The number of piperidine rings is 1. The first-order valence-electron chi connectivity index (χ1n) is 8.98. The Morgan fingerprint density at radius 1 is 1.24 bits per heavy atom. The third-order valence-corrected chi connectivity index (χ3v) is 7.34. The Morgan fingerprint density at radius 2 is 1.96 bits per heavy atom. The molecule has 5 nitrogen and oxygen atoms in total. The molecule has 0 radical (unpaired) electrons. The van der Waals surface area contributed by atoms with Gasteiger partial charge in [-0.3, -0.25) is 0 Å². The van der Waals surface area contributed by atoms with Gasteiger partial charge < -0.3 is 4.98 Å². The molecule has 1 aliphatic heterocycles. The fourth-order valence-electron chi connectivity index (χ4n) is 3.34. The zero-order valence-electron chi connectivity index (χ0n) is 15.2. The highest BCUT2D eigenvalue weighted by molar-refractivity contribution is 7.89. The maximum Gasteiger partial charge on any atom is 0.243 e. The van der Waals surface area contributed by atoms with E-state index in [9.17, 15) is 8.42 Å². The van der Waals surface area contributed by atoms with Gasteiger partial charge in [0, 0.05) is 18.9 Å². The lowest BCUT2D eigenvalue weighted by molar-refractivity contribution is 0.247. The minimum Gasteiger partial charge on any atom is -0.347 e. The second kappa shape index (κ2) is 6.92. The molecule has 1 fully saturated rings. The molecule has 0 spiro atoms. The van der Waals surface area contributed by atoms with Crippen LogP contribution in [0.25, 0.3) is 0 Å². The van der Waals surface area contributed by atoms with Gasteiger partial charge in [-0.15, -0.1) is 0 Å². The van der Waals surface area contributed by atoms with E-state index < -0.39 is 10.0 Å². The summed E-state index contributed by atoms with van der Waals surface area (Å²) >= 11 is 0. The monoisotopic (exact) mass is 361 g/mol. The predicted octanol–water partition coefficient (Wildman–Crippen LogP) is 4.01. The van der Waals surface area contributed by atoms with Gasteiger partial charge in [0.25, 0.3) is 0 Å². The number of H-pyrrole nitrogens is 1. The summed E-state index contributed by atoms with van der Waals surface area (Å²) in [4.78, 5) is 7.74. The van der Waals surface area contributed by atoms with Crippen molar-refractivity contribution in [3.63, 3.8) is 0 Å². The standard InChI is InChI=1S/C19H27N3O2S/c1-4-19(2,3)15-8-10-16(11-9-15)25(23,24)22-14-6-5-7-17(22)18-20-12-13-21-18/h8-13,17H,4-7,14H2,1-3H3,(H,20,21). The summed E-state index contributed by atoms with van der Waals surface area (Å²) < 4.78 is 28.0. The lowest BCUT2D eigenvalue weighted by Gasteiger charge is -2.33. The Hall–Kier alpha value is -1.66. The number of nitrogens with one attached hydrogen (secondary N) is 1.